The van der Waals surface area contributed by atoms with Gasteiger partial charge in [-0.15, -0.1) is 6.42 Å². The summed E-state index contributed by atoms with van der Waals surface area (Å²) < 4.78 is 5.52. The summed E-state index contributed by atoms with van der Waals surface area (Å²) >= 11 is 1.75. The fraction of sp³-hybridized carbons (Fsp3) is 0.400. The zero-order chi connectivity index (χ0) is 9.52. The van der Waals surface area contributed by atoms with Crippen LogP contribution in [0.5, 0.6) is 0 Å². The molecule has 3 heteroatoms. The smallest absolute Gasteiger partial charge is 0.118 e. The second-order valence-corrected chi connectivity index (χ2v) is 3.47. The van der Waals surface area contributed by atoms with Gasteiger partial charge in [0.15, 0.2) is 0 Å². The molecule has 2 nitrogen and oxygen atoms in total. The number of hydrogen-bond donors (Lipinski definition) is 1. The third-order valence-electron chi connectivity index (χ3n) is 1.53. The van der Waals surface area contributed by atoms with E-state index in [2.05, 4.69) is 17.5 Å². The molecule has 13 heavy (non-hydrogen) atoms. The minimum Gasteiger partial charge on any atom is -0.464 e. The Morgan fingerprint density at radius 3 is 3.00 bits per heavy atom. The molecule has 0 radical (unpaired) electrons. The van der Waals surface area contributed by atoms with Crippen molar-refractivity contribution in [1.82, 2.24) is 5.32 Å². The Hall–Kier alpha value is -0.850. The predicted molar refractivity (Wildman–Crippen MR) is 56.5 cm³/mol. The number of hydrogen-bond acceptors (Lipinski definition) is 3. The average molecular weight is 195 g/mol. The highest BCUT2D eigenvalue weighted by molar-refractivity contribution is 7.97. The highest BCUT2D eigenvalue weighted by Crippen LogP contribution is 2.12. The van der Waals surface area contributed by atoms with Crippen LogP contribution in [0.2, 0.25) is 0 Å². The van der Waals surface area contributed by atoms with Gasteiger partial charge in [-0.25, -0.2) is 0 Å². The van der Waals surface area contributed by atoms with Gasteiger partial charge in [-0.3, -0.25) is 5.32 Å². The molecule has 0 fully saturated rings. The summed E-state index contributed by atoms with van der Waals surface area (Å²) in [5.74, 6) is 5.40. The normalized spacial score (nSPS) is 9.85. The van der Waals surface area contributed by atoms with Crippen molar-refractivity contribution >= 4 is 11.8 Å². The molecule has 0 unspecified atom stereocenters. The zero-order valence-electron chi connectivity index (χ0n) is 7.67. The summed E-state index contributed by atoms with van der Waals surface area (Å²) in [6.45, 7) is 1.29. The van der Waals surface area contributed by atoms with E-state index in [1.807, 2.05) is 12.1 Å². The molecule has 0 bridgehead atoms. The summed E-state index contributed by atoms with van der Waals surface area (Å²) in [4.78, 5) is 0. The molecule has 1 aromatic rings. The van der Waals surface area contributed by atoms with Gasteiger partial charge in [0.25, 0.3) is 0 Å². The van der Waals surface area contributed by atoms with E-state index < -0.39 is 0 Å². The Morgan fingerprint density at radius 1 is 1.54 bits per heavy atom. The third kappa shape index (κ3) is 3.58. The zero-order valence-corrected chi connectivity index (χ0v) is 8.49. The molecule has 70 valence electrons. The van der Waals surface area contributed by atoms with Crippen LogP contribution in [0.3, 0.4) is 0 Å². The topological polar surface area (TPSA) is 25.2 Å². The number of terminal acetylenes is 1. The first-order valence-corrected chi connectivity index (χ1v) is 5.47. The summed E-state index contributed by atoms with van der Waals surface area (Å²) in [5.41, 5.74) is 0. The second kappa shape index (κ2) is 5.74. The summed E-state index contributed by atoms with van der Waals surface area (Å²) in [6, 6.07) is 3.98. The quantitative estimate of drug-likeness (QED) is 0.573. The molecule has 1 rings (SSSR count). The Bertz CT molecular complexity index is 287. The average Bonchev–Trinajstić information content (AvgIpc) is 2.54. The summed E-state index contributed by atoms with van der Waals surface area (Å²) in [6.07, 6.45) is 7.15. The van der Waals surface area contributed by atoms with Crippen molar-refractivity contribution in [3.05, 3.63) is 23.7 Å². The lowest BCUT2D eigenvalue weighted by Gasteiger charge is -1.96. The SMILES string of the molecule is C#CCNCc1ccc(CSC)o1. The van der Waals surface area contributed by atoms with Crippen LogP contribution < -0.4 is 5.32 Å². The number of thioether (sulfide) groups is 1. The Morgan fingerprint density at radius 2 is 2.31 bits per heavy atom. The van der Waals surface area contributed by atoms with Gasteiger partial charge in [-0.05, 0) is 18.4 Å². The molecule has 1 heterocycles. The van der Waals surface area contributed by atoms with Crippen LogP contribution in [0.1, 0.15) is 11.5 Å². The van der Waals surface area contributed by atoms with E-state index in [4.69, 9.17) is 10.8 Å². The van der Waals surface area contributed by atoms with Crippen molar-refractivity contribution in [2.24, 2.45) is 0 Å². The molecule has 0 aliphatic rings. The van der Waals surface area contributed by atoms with Crippen molar-refractivity contribution in [2.75, 3.05) is 12.8 Å². The fourth-order valence-electron chi connectivity index (χ4n) is 0.995. The third-order valence-corrected chi connectivity index (χ3v) is 2.10. The molecule has 0 aliphatic heterocycles. The summed E-state index contributed by atoms with van der Waals surface area (Å²) in [7, 11) is 0. The molecule has 0 atom stereocenters. The Balaban J connectivity index is 2.36. The maximum absolute atomic E-state index is 5.52. The molecule has 0 amide bonds. The lowest BCUT2D eigenvalue weighted by molar-refractivity contribution is 0.466. The van der Waals surface area contributed by atoms with E-state index >= 15 is 0 Å². The maximum Gasteiger partial charge on any atom is 0.118 e. The van der Waals surface area contributed by atoms with Crippen molar-refractivity contribution in [3.8, 4) is 12.3 Å². The predicted octanol–water partition coefficient (Wildman–Crippen LogP) is 1.87. The van der Waals surface area contributed by atoms with Gasteiger partial charge < -0.3 is 4.42 Å². The van der Waals surface area contributed by atoms with Crippen molar-refractivity contribution in [1.29, 1.82) is 0 Å². The largest absolute Gasteiger partial charge is 0.464 e. The summed E-state index contributed by atoms with van der Waals surface area (Å²) in [5, 5.41) is 3.07. The highest BCUT2D eigenvalue weighted by atomic mass is 32.2. The van der Waals surface area contributed by atoms with Gasteiger partial charge in [0.05, 0.1) is 18.8 Å². The Kier molecular flexibility index (Phi) is 4.52. The molecular formula is C10H13NOS. The van der Waals surface area contributed by atoms with Crippen LogP contribution in [-0.4, -0.2) is 12.8 Å². The number of furan rings is 1. The van der Waals surface area contributed by atoms with Gasteiger partial charge in [0, 0.05) is 0 Å². The van der Waals surface area contributed by atoms with Gasteiger partial charge in [-0.2, -0.15) is 11.8 Å². The van der Waals surface area contributed by atoms with Gasteiger partial charge in [-0.1, -0.05) is 5.92 Å². The minimum absolute atomic E-state index is 0.582. The molecule has 0 aromatic carbocycles. The molecule has 0 saturated carbocycles. The first-order valence-electron chi connectivity index (χ1n) is 4.07. The van der Waals surface area contributed by atoms with Crippen LogP contribution in [0.25, 0.3) is 0 Å². The standard InChI is InChI=1S/C10H13NOS/c1-3-6-11-7-9-4-5-10(12-9)8-13-2/h1,4-5,11H,6-8H2,2H3. The minimum atomic E-state index is 0.582. The second-order valence-electron chi connectivity index (χ2n) is 2.61. The van der Waals surface area contributed by atoms with Crippen LogP contribution in [0, 0.1) is 12.3 Å². The van der Waals surface area contributed by atoms with E-state index in [1.165, 1.54) is 0 Å². The van der Waals surface area contributed by atoms with Crippen LogP contribution in [-0.2, 0) is 12.3 Å². The van der Waals surface area contributed by atoms with Crippen LogP contribution in [0.4, 0.5) is 0 Å². The van der Waals surface area contributed by atoms with Crippen LogP contribution in [0.15, 0.2) is 16.5 Å². The van der Waals surface area contributed by atoms with E-state index in [0.29, 0.717) is 13.1 Å². The molecule has 1 N–H and O–H groups in total. The van der Waals surface area contributed by atoms with Crippen molar-refractivity contribution in [2.45, 2.75) is 12.3 Å². The first kappa shape index (κ1) is 10.2. The van der Waals surface area contributed by atoms with Crippen LogP contribution >= 0.6 is 11.8 Å². The molecule has 0 saturated heterocycles. The first-order chi connectivity index (χ1) is 6.36. The molecule has 0 aliphatic carbocycles. The maximum atomic E-state index is 5.52. The monoisotopic (exact) mass is 195 g/mol. The van der Waals surface area contributed by atoms with Gasteiger partial charge >= 0.3 is 0 Å². The lowest BCUT2D eigenvalue weighted by atomic mass is 10.4. The highest BCUT2D eigenvalue weighted by Gasteiger charge is 1.99. The lowest BCUT2D eigenvalue weighted by Crippen LogP contribution is -2.12. The molecule has 0 spiro atoms. The van der Waals surface area contributed by atoms with E-state index in [9.17, 15) is 0 Å². The van der Waals surface area contributed by atoms with E-state index in [0.717, 1.165) is 17.3 Å². The van der Waals surface area contributed by atoms with Gasteiger partial charge in [0.1, 0.15) is 11.5 Å². The van der Waals surface area contributed by atoms with Crippen molar-refractivity contribution < 1.29 is 4.42 Å². The fourth-order valence-corrected chi connectivity index (χ4v) is 1.43. The van der Waals surface area contributed by atoms with Gasteiger partial charge in [0.2, 0.25) is 0 Å². The molecular weight excluding hydrogens is 182 g/mol. The molecule has 1 aromatic heterocycles. The van der Waals surface area contributed by atoms with E-state index in [-0.39, 0.29) is 0 Å². The number of nitrogens with one attached hydrogen (secondary N) is 1. The Labute approximate surface area is 83.1 Å². The number of rotatable bonds is 5. The van der Waals surface area contributed by atoms with E-state index in [1.54, 1.807) is 11.8 Å². The van der Waals surface area contributed by atoms with Crippen molar-refractivity contribution in [3.63, 3.8) is 0 Å².